The monoisotopic (exact) mass is 826 g/mol. The number of aliphatic hydroxyl groups excluding tert-OH is 5. The zero-order chi connectivity index (χ0) is 42.3. The maximum atomic E-state index is 13.0. The molecule has 1 rings (SSSR count). The predicted molar refractivity (Wildman–Crippen MR) is 240 cm³/mol. The van der Waals surface area contributed by atoms with Gasteiger partial charge in [0.1, 0.15) is 24.4 Å². The highest BCUT2D eigenvalue weighted by Crippen LogP contribution is 2.23. The highest BCUT2D eigenvalue weighted by atomic mass is 16.7. The molecule has 6 N–H and O–H groups in total. The summed E-state index contributed by atoms with van der Waals surface area (Å²) in [6.07, 6.45) is 39.3. The Hall–Kier alpha value is -1.07. The number of hydrogen-bond acceptors (Lipinski definition) is 8. The SMILES string of the molecule is CCCCCCCC/C=C\CCCCCCCCCC(=O)NC(COC1OC(CO)C(O)C(O)C1O)C(O)CCCCCCCCCCCCCCCCCCCC. The predicted octanol–water partition coefficient (Wildman–Crippen LogP) is 10.9. The van der Waals surface area contributed by atoms with E-state index in [4.69, 9.17) is 9.47 Å². The molecule has 1 saturated heterocycles. The molecular formula is C49H95NO8. The van der Waals surface area contributed by atoms with Gasteiger partial charge in [0.15, 0.2) is 6.29 Å². The van der Waals surface area contributed by atoms with Gasteiger partial charge in [-0.15, -0.1) is 0 Å². The van der Waals surface area contributed by atoms with Gasteiger partial charge in [-0.3, -0.25) is 4.79 Å². The molecule has 1 heterocycles. The third-order valence-electron chi connectivity index (χ3n) is 12.1. The molecular weight excluding hydrogens is 731 g/mol. The summed E-state index contributed by atoms with van der Waals surface area (Å²) >= 11 is 0. The Labute approximate surface area is 356 Å². The first kappa shape index (κ1) is 54.9. The van der Waals surface area contributed by atoms with Crippen LogP contribution in [0.3, 0.4) is 0 Å². The molecule has 7 unspecified atom stereocenters. The van der Waals surface area contributed by atoms with Crippen molar-refractivity contribution in [1.82, 2.24) is 5.32 Å². The summed E-state index contributed by atoms with van der Waals surface area (Å²) in [5.41, 5.74) is 0. The van der Waals surface area contributed by atoms with Crippen molar-refractivity contribution in [2.24, 2.45) is 0 Å². The molecule has 9 heteroatoms. The zero-order valence-corrected chi connectivity index (χ0v) is 37.8. The fourth-order valence-corrected chi connectivity index (χ4v) is 8.10. The van der Waals surface area contributed by atoms with Gasteiger partial charge in [-0.05, 0) is 38.5 Å². The molecule has 0 aromatic rings. The van der Waals surface area contributed by atoms with Crippen molar-refractivity contribution in [3.8, 4) is 0 Å². The van der Waals surface area contributed by atoms with Crippen LogP contribution in [-0.2, 0) is 14.3 Å². The Kier molecular flexibility index (Phi) is 37.9. The van der Waals surface area contributed by atoms with Crippen molar-refractivity contribution in [3.05, 3.63) is 12.2 Å². The largest absolute Gasteiger partial charge is 0.394 e. The van der Waals surface area contributed by atoms with Crippen molar-refractivity contribution in [2.45, 2.75) is 281 Å². The lowest BCUT2D eigenvalue weighted by molar-refractivity contribution is -0.302. The molecule has 1 amide bonds. The number of unbranched alkanes of at least 4 members (excludes halogenated alkanes) is 30. The maximum Gasteiger partial charge on any atom is 0.220 e. The summed E-state index contributed by atoms with van der Waals surface area (Å²) in [5.74, 6) is -0.146. The first-order valence-corrected chi connectivity index (χ1v) is 24.9. The third-order valence-corrected chi connectivity index (χ3v) is 12.1. The van der Waals surface area contributed by atoms with Gasteiger partial charge in [-0.2, -0.15) is 0 Å². The van der Waals surface area contributed by atoms with Gasteiger partial charge in [-0.25, -0.2) is 0 Å². The molecule has 0 aliphatic carbocycles. The maximum absolute atomic E-state index is 13.0. The van der Waals surface area contributed by atoms with E-state index in [2.05, 4.69) is 31.3 Å². The molecule has 9 nitrogen and oxygen atoms in total. The van der Waals surface area contributed by atoms with Crippen LogP contribution >= 0.6 is 0 Å². The smallest absolute Gasteiger partial charge is 0.220 e. The number of rotatable bonds is 42. The molecule has 58 heavy (non-hydrogen) atoms. The first-order chi connectivity index (χ1) is 28.3. The van der Waals surface area contributed by atoms with Crippen LogP contribution in [0.25, 0.3) is 0 Å². The summed E-state index contributed by atoms with van der Waals surface area (Å²) < 4.78 is 11.3. The second-order valence-electron chi connectivity index (χ2n) is 17.6. The van der Waals surface area contributed by atoms with Crippen LogP contribution in [0.4, 0.5) is 0 Å². The van der Waals surface area contributed by atoms with Crippen LogP contribution in [0, 0.1) is 0 Å². The number of hydrogen-bond donors (Lipinski definition) is 6. The van der Waals surface area contributed by atoms with Gasteiger partial charge < -0.3 is 40.3 Å². The number of allylic oxidation sites excluding steroid dienone is 2. The third kappa shape index (κ3) is 30.0. The summed E-state index contributed by atoms with van der Waals surface area (Å²) in [5, 5.41) is 54.5. The van der Waals surface area contributed by atoms with Gasteiger partial charge in [0, 0.05) is 6.42 Å². The van der Waals surface area contributed by atoms with E-state index < -0.39 is 49.5 Å². The standard InChI is InChI=1S/C49H95NO8/c1-3-5-7-9-11-13-15-17-19-21-23-24-26-28-30-32-34-36-38-43(52)42(41-57-49-48(56)47(55)46(54)44(40-51)58-49)50-45(53)39-37-35-33-31-29-27-25-22-20-18-16-14-12-10-8-6-4-2/h18,20,42-44,46-49,51-52,54-56H,3-17,19,21-41H2,1-2H3,(H,50,53)/b20-18-. The van der Waals surface area contributed by atoms with E-state index in [1.807, 2.05) is 0 Å². The Balaban J connectivity index is 2.29. The molecule has 0 saturated carbocycles. The molecule has 1 aliphatic rings. The van der Waals surface area contributed by atoms with E-state index in [-0.39, 0.29) is 12.5 Å². The molecule has 1 fully saturated rings. The number of amides is 1. The summed E-state index contributed by atoms with van der Waals surface area (Å²) in [6, 6.07) is -0.717. The Morgan fingerprint density at radius 1 is 0.569 bits per heavy atom. The average Bonchev–Trinajstić information content (AvgIpc) is 3.22. The summed E-state index contributed by atoms with van der Waals surface area (Å²) in [6.45, 7) is 3.85. The highest BCUT2D eigenvalue weighted by Gasteiger charge is 2.44. The average molecular weight is 826 g/mol. The van der Waals surface area contributed by atoms with Crippen LogP contribution in [-0.4, -0.2) is 87.5 Å². The lowest BCUT2D eigenvalue weighted by atomic mass is 9.99. The molecule has 0 aromatic heterocycles. The minimum absolute atomic E-state index is 0.136. The summed E-state index contributed by atoms with van der Waals surface area (Å²) in [7, 11) is 0. The van der Waals surface area contributed by atoms with Gasteiger partial charge >= 0.3 is 0 Å². The van der Waals surface area contributed by atoms with Crippen molar-refractivity contribution >= 4 is 5.91 Å². The van der Waals surface area contributed by atoms with Crippen LogP contribution < -0.4 is 5.32 Å². The topological polar surface area (TPSA) is 149 Å². The Bertz CT molecular complexity index is 919. The lowest BCUT2D eigenvalue weighted by Gasteiger charge is -2.40. The van der Waals surface area contributed by atoms with E-state index in [0.29, 0.717) is 12.8 Å². The quantitative estimate of drug-likeness (QED) is 0.0263. The molecule has 0 radical (unpaired) electrons. The number of aliphatic hydroxyl groups is 5. The second kappa shape index (κ2) is 40.0. The molecule has 0 spiro atoms. The number of ether oxygens (including phenoxy) is 2. The lowest BCUT2D eigenvalue weighted by Crippen LogP contribution is -2.60. The summed E-state index contributed by atoms with van der Waals surface area (Å²) in [4.78, 5) is 13.0. The molecule has 344 valence electrons. The number of carbonyl (C=O) groups excluding carboxylic acids is 1. The fraction of sp³-hybridized carbons (Fsp3) is 0.939. The van der Waals surface area contributed by atoms with Crippen LogP contribution in [0.5, 0.6) is 0 Å². The molecule has 7 atom stereocenters. The Morgan fingerprint density at radius 2 is 0.966 bits per heavy atom. The Morgan fingerprint density at radius 3 is 1.40 bits per heavy atom. The van der Waals surface area contributed by atoms with Gasteiger partial charge in [0.25, 0.3) is 0 Å². The minimum atomic E-state index is -1.55. The van der Waals surface area contributed by atoms with E-state index >= 15 is 0 Å². The van der Waals surface area contributed by atoms with Crippen LogP contribution in [0.15, 0.2) is 12.2 Å². The first-order valence-electron chi connectivity index (χ1n) is 24.9. The van der Waals surface area contributed by atoms with Crippen molar-refractivity contribution < 1.29 is 39.8 Å². The minimum Gasteiger partial charge on any atom is -0.394 e. The van der Waals surface area contributed by atoms with Crippen molar-refractivity contribution in [2.75, 3.05) is 13.2 Å². The van der Waals surface area contributed by atoms with Gasteiger partial charge in [0.05, 0.1) is 25.4 Å². The zero-order valence-electron chi connectivity index (χ0n) is 37.8. The fourth-order valence-electron chi connectivity index (χ4n) is 8.10. The van der Waals surface area contributed by atoms with Crippen LogP contribution in [0.2, 0.25) is 0 Å². The molecule has 0 bridgehead atoms. The van der Waals surface area contributed by atoms with E-state index in [9.17, 15) is 30.3 Å². The van der Waals surface area contributed by atoms with E-state index in [0.717, 1.165) is 38.5 Å². The van der Waals surface area contributed by atoms with Crippen LogP contribution in [0.1, 0.15) is 239 Å². The van der Waals surface area contributed by atoms with Crippen molar-refractivity contribution in [1.29, 1.82) is 0 Å². The molecule has 0 aromatic carbocycles. The highest BCUT2D eigenvalue weighted by molar-refractivity contribution is 5.76. The van der Waals surface area contributed by atoms with Crippen molar-refractivity contribution in [3.63, 3.8) is 0 Å². The normalized spacial score (nSPS) is 20.8. The van der Waals surface area contributed by atoms with E-state index in [1.165, 1.54) is 173 Å². The van der Waals surface area contributed by atoms with E-state index in [1.54, 1.807) is 0 Å². The molecule has 1 aliphatic heterocycles. The number of carbonyl (C=O) groups is 1. The number of nitrogens with one attached hydrogen (secondary N) is 1. The second-order valence-corrected chi connectivity index (χ2v) is 17.6. The van der Waals surface area contributed by atoms with Gasteiger partial charge in [0.2, 0.25) is 5.91 Å². The van der Waals surface area contributed by atoms with Gasteiger partial charge in [-0.1, -0.05) is 206 Å².